The van der Waals surface area contributed by atoms with Crippen molar-refractivity contribution < 1.29 is 0 Å². The van der Waals surface area contributed by atoms with Crippen LogP contribution in [0.3, 0.4) is 0 Å². The minimum absolute atomic E-state index is 0.888. The summed E-state index contributed by atoms with van der Waals surface area (Å²) in [5, 5.41) is 7.79. The van der Waals surface area contributed by atoms with Gasteiger partial charge < -0.3 is 10.2 Å². The lowest BCUT2D eigenvalue weighted by atomic mass is 10.2. The highest BCUT2D eigenvalue weighted by Crippen LogP contribution is 2.23. The number of rotatable bonds is 7. The zero-order valence-electron chi connectivity index (χ0n) is 11.9. The Morgan fingerprint density at radius 1 is 1.24 bits per heavy atom. The lowest BCUT2D eigenvalue weighted by Crippen LogP contribution is -2.28. The summed E-state index contributed by atoms with van der Waals surface area (Å²) >= 11 is 0. The Kier molecular flexibility index (Phi) is 5.48. The molecular weight excluding hydrogens is 212 g/mol. The average molecular weight is 238 g/mol. The zero-order chi connectivity index (χ0) is 12.8. The van der Waals surface area contributed by atoms with Crippen molar-refractivity contribution in [3.63, 3.8) is 0 Å². The highest BCUT2D eigenvalue weighted by molar-refractivity contribution is 5.50. The highest BCUT2D eigenvalue weighted by Gasteiger charge is 2.17. The average Bonchev–Trinajstić information content (AvgIpc) is 2.54. The second-order valence-corrected chi connectivity index (χ2v) is 4.53. The highest BCUT2D eigenvalue weighted by atomic mass is 15.4. The number of nitrogens with one attached hydrogen (secondary N) is 1. The lowest BCUT2D eigenvalue weighted by Gasteiger charge is -2.25. The van der Waals surface area contributed by atoms with Crippen molar-refractivity contribution >= 4 is 5.82 Å². The van der Waals surface area contributed by atoms with Crippen molar-refractivity contribution in [2.24, 2.45) is 7.05 Å². The molecule has 1 aromatic heterocycles. The molecule has 1 N–H and O–H groups in total. The molecule has 0 aliphatic heterocycles. The lowest BCUT2D eigenvalue weighted by molar-refractivity contribution is 0.673. The molecule has 0 aliphatic rings. The van der Waals surface area contributed by atoms with Gasteiger partial charge in [-0.15, -0.1) is 0 Å². The van der Waals surface area contributed by atoms with Crippen LogP contribution in [0.2, 0.25) is 0 Å². The molecule has 1 heterocycles. The first-order valence-electron chi connectivity index (χ1n) is 6.57. The van der Waals surface area contributed by atoms with E-state index in [2.05, 4.69) is 36.1 Å². The molecule has 0 saturated heterocycles. The van der Waals surface area contributed by atoms with E-state index >= 15 is 0 Å². The summed E-state index contributed by atoms with van der Waals surface area (Å²) in [5.74, 6) is 1.28. The Hall–Kier alpha value is -1.03. The molecule has 0 bridgehead atoms. The Morgan fingerprint density at radius 3 is 2.29 bits per heavy atom. The molecule has 0 aromatic carbocycles. The summed E-state index contributed by atoms with van der Waals surface area (Å²) in [6.07, 6.45) is 2.34. The minimum atomic E-state index is 0.888. The summed E-state index contributed by atoms with van der Waals surface area (Å²) in [6, 6.07) is 0. The third-order valence-corrected chi connectivity index (χ3v) is 2.95. The van der Waals surface area contributed by atoms with Gasteiger partial charge in [0.25, 0.3) is 0 Å². The minimum Gasteiger partial charge on any atom is -0.357 e. The molecule has 0 atom stereocenters. The van der Waals surface area contributed by atoms with Gasteiger partial charge in [-0.05, 0) is 26.8 Å². The maximum absolute atomic E-state index is 4.55. The molecule has 4 nitrogen and oxygen atoms in total. The van der Waals surface area contributed by atoms with Crippen LogP contribution >= 0.6 is 0 Å². The number of nitrogens with zero attached hydrogens (tertiary/aromatic N) is 3. The molecule has 0 spiro atoms. The molecule has 0 amide bonds. The molecule has 0 aliphatic carbocycles. The fraction of sp³-hybridized carbons (Fsp3) is 0.769. The van der Waals surface area contributed by atoms with Gasteiger partial charge in [0.1, 0.15) is 5.82 Å². The van der Waals surface area contributed by atoms with Crippen LogP contribution in [0.1, 0.15) is 37.9 Å². The number of aromatic nitrogens is 2. The third kappa shape index (κ3) is 3.22. The van der Waals surface area contributed by atoms with Gasteiger partial charge in [0.15, 0.2) is 0 Å². The first-order valence-corrected chi connectivity index (χ1v) is 6.57. The van der Waals surface area contributed by atoms with Crippen LogP contribution in [0.25, 0.3) is 0 Å². The Labute approximate surface area is 105 Å². The molecule has 0 fully saturated rings. The summed E-state index contributed by atoms with van der Waals surface area (Å²) in [6.45, 7) is 9.63. The van der Waals surface area contributed by atoms with Crippen LogP contribution in [0.15, 0.2) is 0 Å². The van der Waals surface area contributed by atoms with E-state index in [-0.39, 0.29) is 0 Å². The van der Waals surface area contributed by atoms with Gasteiger partial charge in [-0.3, -0.25) is 4.68 Å². The van der Waals surface area contributed by atoms with Gasteiger partial charge in [0.05, 0.1) is 5.69 Å². The molecule has 98 valence electrons. The van der Waals surface area contributed by atoms with Crippen molar-refractivity contribution in [3.05, 3.63) is 11.3 Å². The van der Waals surface area contributed by atoms with Gasteiger partial charge in [-0.2, -0.15) is 5.10 Å². The Bertz CT molecular complexity index is 337. The van der Waals surface area contributed by atoms with E-state index in [0.29, 0.717) is 0 Å². The topological polar surface area (TPSA) is 33.1 Å². The molecular formula is C13H26N4. The molecule has 1 aromatic rings. The van der Waals surface area contributed by atoms with Gasteiger partial charge in [-0.25, -0.2) is 0 Å². The number of anilines is 1. The molecule has 1 rings (SSSR count). The van der Waals surface area contributed by atoms with Crippen LogP contribution in [0.4, 0.5) is 5.82 Å². The molecule has 17 heavy (non-hydrogen) atoms. The first-order chi connectivity index (χ1) is 8.15. The van der Waals surface area contributed by atoms with E-state index in [0.717, 1.165) is 25.3 Å². The Morgan fingerprint density at radius 2 is 1.82 bits per heavy atom. The third-order valence-electron chi connectivity index (χ3n) is 2.95. The fourth-order valence-electron chi connectivity index (χ4n) is 2.33. The number of hydrogen-bond donors (Lipinski definition) is 1. The maximum atomic E-state index is 4.55. The van der Waals surface area contributed by atoms with Crippen molar-refractivity contribution in [2.45, 2.75) is 40.2 Å². The normalized spacial score (nSPS) is 10.9. The van der Waals surface area contributed by atoms with E-state index in [1.807, 2.05) is 18.8 Å². The quantitative estimate of drug-likeness (QED) is 0.789. The molecule has 4 heteroatoms. The molecule has 0 saturated carbocycles. The summed E-state index contributed by atoms with van der Waals surface area (Å²) in [5.41, 5.74) is 2.46. The second-order valence-electron chi connectivity index (χ2n) is 4.53. The zero-order valence-corrected chi connectivity index (χ0v) is 11.9. The Balaban J connectivity index is 3.06. The van der Waals surface area contributed by atoms with Crippen LogP contribution in [-0.4, -0.2) is 29.9 Å². The van der Waals surface area contributed by atoms with Crippen molar-refractivity contribution in [1.29, 1.82) is 0 Å². The van der Waals surface area contributed by atoms with Crippen LogP contribution in [-0.2, 0) is 13.6 Å². The standard InChI is InChI=1S/C13H26N4/c1-6-8-17(9-7-2)13-12(10-14-4)11(3)15-16(13)5/h14H,6-10H2,1-5H3. The summed E-state index contributed by atoms with van der Waals surface area (Å²) < 4.78 is 2.02. The number of hydrogen-bond acceptors (Lipinski definition) is 3. The van der Waals surface area contributed by atoms with E-state index in [1.54, 1.807) is 0 Å². The smallest absolute Gasteiger partial charge is 0.131 e. The SMILES string of the molecule is CCCN(CCC)c1c(CNC)c(C)nn1C. The van der Waals surface area contributed by atoms with E-state index in [1.165, 1.54) is 24.2 Å². The van der Waals surface area contributed by atoms with Gasteiger partial charge in [-0.1, -0.05) is 13.8 Å². The summed E-state index contributed by atoms with van der Waals surface area (Å²) in [7, 11) is 4.03. The predicted molar refractivity (Wildman–Crippen MR) is 73.5 cm³/mol. The van der Waals surface area contributed by atoms with Crippen LogP contribution in [0, 0.1) is 6.92 Å². The monoisotopic (exact) mass is 238 g/mol. The van der Waals surface area contributed by atoms with E-state index in [9.17, 15) is 0 Å². The molecule has 0 unspecified atom stereocenters. The van der Waals surface area contributed by atoms with Crippen molar-refractivity contribution in [3.8, 4) is 0 Å². The number of aryl methyl sites for hydroxylation is 2. The predicted octanol–water partition coefficient (Wildman–Crippen LogP) is 2.07. The van der Waals surface area contributed by atoms with E-state index < -0.39 is 0 Å². The molecule has 0 radical (unpaired) electrons. The van der Waals surface area contributed by atoms with Crippen molar-refractivity contribution in [2.75, 3.05) is 25.0 Å². The second kappa shape index (κ2) is 6.64. The maximum Gasteiger partial charge on any atom is 0.131 e. The van der Waals surface area contributed by atoms with Gasteiger partial charge >= 0.3 is 0 Å². The van der Waals surface area contributed by atoms with Crippen molar-refractivity contribution in [1.82, 2.24) is 15.1 Å². The van der Waals surface area contributed by atoms with Gasteiger partial charge in [0, 0.05) is 32.2 Å². The first kappa shape index (κ1) is 14.0. The van der Waals surface area contributed by atoms with Gasteiger partial charge in [0.2, 0.25) is 0 Å². The van der Waals surface area contributed by atoms with Crippen LogP contribution in [0.5, 0.6) is 0 Å². The largest absolute Gasteiger partial charge is 0.357 e. The fourth-order valence-corrected chi connectivity index (χ4v) is 2.33. The van der Waals surface area contributed by atoms with Crippen LogP contribution < -0.4 is 10.2 Å². The van der Waals surface area contributed by atoms with E-state index in [4.69, 9.17) is 0 Å². The summed E-state index contributed by atoms with van der Waals surface area (Å²) in [4.78, 5) is 2.45.